The third-order valence-corrected chi connectivity index (χ3v) is 4.09. The Kier molecular flexibility index (Phi) is 5.08. The number of aromatic nitrogens is 2. The van der Waals surface area contributed by atoms with Crippen LogP contribution in [0, 0.1) is 13.8 Å². The van der Waals surface area contributed by atoms with Gasteiger partial charge in [-0.2, -0.15) is 4.98 Å². The van der Waals surface area contributed by atoms with Gasteiger partial charge in [0.1, 0.15) is 5.75 Å². The van der Waals surface area contributed by atoms with Crippen LogP contribution < -0.4 is 10.5 Å². The van der Waals surface area contributed by atoms with Crippen LogP contribution in [-0.2, 0) is 12.1 Å². The molecule has 0 saturated heterocycles. The van der Waals surface area contributed by atoms with Crippen LogP contribution in [0.3, 0.4) is 0 Å². The molecule has 0 bridgehead atoms. The van der Waals surface area contributed by atoms with Gasteiger partial charge in [-0.25, -0.2) is 0 Å². The number of aryl methyl sites for hydroxylation is 2. The molecule has 3 rings (SSSR count). The maximum atomic E-state index is 6.32. The predicted octanol–water partition coefficient (Wildman–Crippen LogP) is 3.42. The van der Waals surface area contributed by atoms with Crippen molar-refractivity contribution in [1.29, 1.82) is 0 Å². The molecule has 0 aliphatic heterocycles. The zero-order valence-corrected chi connectivity index (χ0v) is 13.8. The van der Waals surface area contributed by atoms with Gasteiger partial charge >= 0.3 is 0 Å². The highest BCUT2D eigenvalue weighted by molar-refractivity contribution is 5.85. The van der Waals surface area contributed by atoms with Crippen molar-refractivity contribution in [1.82, 2.24) is 10.1 Å². The second kappa shape index (κ2) is 6.67. The fourth-order valence-electron chi connectivity index (χ4n) is 2.85. The number of ether oxygens (including phenoxy) is 1. The topological polar surface area (TPSA) is 74.2 Å². The number of nitrogens with two attached hydrogens (primary N) is 1. The second-order valence-corrected chi connectivity index (χ2v) is 5.93. The maximum Gasteiger partial charge on any atom is 0.264 e. The van der Waals surface area contributed by atoms with Gasteiger partial charge in [-0.3, -0.25) is 0 Å². The molecule has 22 heavy (non-hydrogen) atoms. The first-order chi connectivity index (χ1) is 10.1. The molecule has 5 nitrogen and oxygen atoms in total. The highest BCUT2D eigenvalue weighted by atomic mass is 35.5. The Balaban J connectivity index is 0.00000176. The second-order valence-electron chi connectivity index (χ2n) is 5.93. The Morgan fingerprint density at radius 3 is 2.68 bits per heavy atom. The summed E-state index contributed by atoms with van der Waals surface area (Å²) in [5.74, 6) is 1.92. The summed E-state index contributed by atoms with van der Waals surface area (Å²) in [7, 11) is 0. The van der Waals surface area contributed by atoms with Crippen LogP contribution in [0.2, 0.25) is 0 Å². The Bertz CT molecular complexity index is 636. The van der Waals surface area contributed by atoms with E-state index in [2.05, 4.69) is 23.1 Å². The highest BCUT2D eigenvalue weighted by Gasteiger charge is 2.35. The van der Waals surface area contributed by atoms with E-state index in [1.807, 2.05) is 19.1 Å². The normalized spacial score (nSPS) is 16.3. The van der Waals surface area contributed by atoms with Crippen molar-refractivity contribution < 1.29 is 9.26 Å². The van der Waals surface area contributed by atoms with Crippen LogP contribution in [0.4, 0.5) is 0 Å². The number of hydrogen-bond donors (Lipinski definition) is 1. The molecule has 2 N–H and O–H groups in total. The Morgan fingerprint density at radius 1 is 1.27 bits per heavy atom. The largest absolute Gasteiger partial charge is 0.483 e. The quantitative estimate of drug-likeness (QED) is 0.933. The monoisotopic (exact) mass is 323 g/mol. The molecule has 1 fully saturated rings. The minimum atomic E-state index is -0.415. The molecular weight excluding hydrogens is 302 g/mol. The van der Waals surface area contributed by atoms with E-state index < -0.39 is 5.54 Å². The zero-order valence-electron chi connectivity index (χ0n) is 13.0. The van der Waals surface area contributed by atoms with E-state index in [0.29, 0.717) is 11.7 Å². The van der Waals surface area contributed by atoms with E-state index in [1.165, 1.54) is 5.56 Å². The predicted molar refractivity (Wildman–Crippen MR) is 86.1 cm³/mol. The minimum absolute atomic E-state index is 0. The SMILES string of the molecule is Cc1ccc(OCc2nc(C3(N)CCCC3)no2)c(C)c1.Cl. The minimum Gasteiger partial charge on any atom is -0.483 e. The van der Waals surface area contributed by atoms with Gasteiger partial charge in [0.05, 0.1) is 5.54 Å². The van der Waals surface area contributed by atoms with Crippen molar-refractivity contribution in [2.75, 3.05) is 0 Å². The molecule has 1 aromatic carbocycles. The Morgan fingerprint density at radius 2 is 2.00 bits per heavy atom. The van der Waals surface area contributed by atoms with E-state index in [0.717, 1.165) is 37.0 Å². The molecule has 6 heteroatoms. The smallest absolute Gasteiger partial charge is 0.264 e. The van der Waals surface area contributed by atoms with Crippen molar-refractivity contribution in [2.45, 2.75) is 51.7 Å². The molecule has 1 aliphatic rings. The van der Waals surface area contributed by atoms with Gasteiger partial charge in [-0.1, -0.05) is 35.7 Å². The van der Waals surface area contributed by atoms with Gasteiger partial charge in [0.2, 0.25) is 0 Å². The average molecular weight is 324 g/mol. The highest BCUT2D eigenvalue weighted by Crippen LogP contribution is 2.34. The number of hydrogen-bond acceptors (Lipinski definition) is 5. The maximum absolute atomic E-state index is 6.32. The number of benzene rings is 1. The van der Waals surface area contributed by atoms with Gasteiger partial charge in [0.25, 0.3) is 5.89 Å². The van der Waals surface area contributed by atoms with E-state index in [4.69, 9.17) is 15.0 Å². The van der Waals surface area contributed by atoms with Crippen LogP contribution in [0.25, 0.3) is 0 Å². The third kappa shape index (κ3) is 3.42. The van der Waals surface area contributed by atoms with Crippen LogP contribution in [-0.4, -0.2) is 10.1 Å². The van der Waals surface area contributed by atoms with Crippen molar-refractivity contribution in [2.24, 2.45) is 5.73 Å². The molecule has 0 amide bonds. The molecule has 0 radical (unpaired) electrons. The molecule has 120 valence electrons. The summed E-state index contributed by atoms with van der Waals surface area (Å²) in [5, 5.41) is 4.03. The standard InChI is InChI=1S/C16H21N3O2.ClH/c1-11-5-6-13(12(2)9-11)20-10-14-18-15(19-21-14)16(17)7-3-4-8-16;/h5-6,9H,3-4,7-8,10,17H2,1-2H3;1H. The van der Waals surface area contributed by atoms with Gasteiger partial charge < -0.3 is 15.0 Å². The van der Waals surface area contributed by atoms with E-state index in [9.17, 15) is 0 Å². The lowest BCUT2D eigenvalue weighted by Crippen LogP contribution is -2.34. The summed E-state index contributed by atoms with van der Waals surface area (Å²) >= 11 is 0. The van der Waals surface area contributed by atoms with Crippen LogP contribution >= 0.6 is 12.4 Å². The first-order valence-corrected chi connectivity index (χ1v) is 7.39. The number of rotatable bonds is 4. The van der Waals surface area contributed by atoms with Crippen molar-refractivity contribution in [3.8, 4) is 5.75 Å². The van der Waals surface area contributed by atoms with Crippen LogP contribution in [0.1, 0.15) is 48.5 Å². The number of halogens is 1. The molecule has 1 aromatic heterocycles. The number of nitrogens with zero attached hydrogens (tertiary/aromatic N) is 2. The lowest BCUT2D eigenvalue weighted by atomic mass is 9.99. The molecule has 0 spiro atoms. The molecule has 1 aliphatic carbocycles. The van der Waals surface area contributed by atoms with Gasteiger partial charge in [-0.15, -0.1) is 12.4 Å². The summed E-state index contributed by atoms with van der Waals surface area (Å²) in [6, 6.07) is 6.07. The van der Waals surface area contributed by atoms with E-state index in [1.54, 1.807) is 0 Å². The molecule has 0 atom stereocenters. The lowest BCUT2D eigenvalue weighted by molar-refractivity contribution is 0.240. The summed E-state index contributed by atoms with van der Waals surface area (Å²) < 4.78 is 11.0. The summed E-state index contributed by atoms with van der Waals surface area (Å²) in [6.07, 6.45) is 4.09. The first-order valence-electron chi connectivity index (χ1n) is 7.39. The Hall–Kier alpha value is -1.59. The van der Waals surface area contributed by atoms with Gasteiger partial charge in [-0.05, 0) is 38.3 Å². The van der Waals surface area contributed by atoms with Crippen molar-refractivity contribution >= 4 is 12.4 Å². The summed E-state index contributed by atoms with van der Waals surface area (Å²) in [5.41, 5.74) is 8.21. The van der Waals surface area contributed by atoms with E-state index >= 15 is 0 Å². The van der Waals surface area contributed by atoms with Crippen LogP contribution in [0.15, 0.2) is 22.7 Å². The zero-order chi connectivity index (χ0) is 14.9. The first kappa shape index (κ1) is 16.8. The van der Waals surface area contributed by atoms with E-state index in [-0.39, 0.29) is 19.0 Å². The molecule has 1 saturated carbocycles. The van der Waals surface area contributed by atoms with Crippen molar-refractivity contribution in [3.05, 3.63) is 41.0 Å². The molecule has 1 heterocycles. The Labute approximate surface area is 136 Å². The third-order valence-electron chi connectivity index (χ3n) is 4.09. The summed E-state index contributed by atoms with van der Waals surface area (Å²) in [6.45, 7) is 4.35. The lowest BCUT2D eigenvalue weighted by Gasteiger charge is -2.17. The molecule has 0 unspecified atom stereocenters. The van der Waals surface area contributed by atoms with Crippen molar-refractivity contribution in [3.63, 3.8) is 0 Å². The van der Waals surface area contributed by atoms with Crippen LogP contribution in [0.5, 0.6) is 5.75 Å². The van der Waals surface area contributed by atoms with Gasteiger partial charge in [0.15, 0.2) is 12.4 Å². The fraction of sp³-hybridized carbons (Fsp3) is 0.500. The fourth-order valence-corrected chi connectivity index (χ4v) is 2.85. The average Bonchev–Trinajstić information content (AvgIpc) is 3.08. The molecular formula is C16H22ClN3O2. The molecule has 2 aromatic rings. The summed E-state index contributed by atoms with van der Waals surface area (Å²) in [4.78, 5) is 4.40. The van der Waals surface area contributed by atoms with Gasteiger partial charge in [0, 0.05) is 0 Å².